The lowest BCUT2D eigenvalue weighted by molar-refractivity contribution is 1.19. The molecule has 0 saturated carbocycles. The topological polar surface area (TPSA) is 4.93 Å². The Kier molecular flexibility index (Phi) is 8.58. The molecule has 0 fully saturated rings. The largest absolute Gasteiger partial charge is 0.309 e. The second kappa shape index (κ2) is 14.7. The highest BCUT2D eigenvalue weighted by atomic mass is 28.3. The first-order valence-electron chi connectivity index (χ1n) is 21.5. The molecule has 62 heavy (non-hydrogen) atoms. The van der Waals surface area contributed by atoms with Gasteiger partial charge in [0, 0.05) is 16.5 Å². The summed E-state index contributed by atoms with van der Waals surface area (Å²) in [7, 11) is -2.84. The second-order valence-corrected chi connectivity index (χ2v) is 20.0. The van der Waals surface area contributed by atoms with Gasteiger partial charge in [0.2, 0.25) is 0 Å². The van der Waals surface area contributed by atoms with Gasteiger partial charge in [-0.2, -0.15) is 0 Å². The normalized spacial score (nSPS) is 12.6. The highest BCUT2D eigenvalue weighted by molar-refractivity contribution is 7.22. The Labute approximate surface area is 363 Å². The minimum absolute atomic E-state index is 1.19. The Morgan fingerprint density at radius 3 is 1.08 bits per heavy atom. The van der Waals surface area contributed by atoms with Crippen LogP contribution in [0.3, 0.4) is 0 Å². The Hall–Kier alpha value is -7.78. The maximum absolute atomic E-state index is 2.84. The van der Waals surface area contributed by atoms with Gasteiger partial charge in [-0.05, 0) is 107 Å². The van der Waals surface area contributed by atoms with E-state index >= 15 is 0 Å². The number of fused-ring (bicyclic) bond motifs is 6. The molecule has 0 radical (unpaired) electrons. The molecule has 1 aliphatic heterocycles. The van der Waals surface area contributed by atoms with Crippen molar-refractivity contribution >= 4 is 50.6 Å². The summed E-state index contributed by atoms with van der Waals surface area (Å²) < 4.78 is 2.57. The summed E-state index contributed by atoms with van der Waals surface area (Å²) in [6.07, 6.45) is 0. The molecule has 1 aliphatic rings. The van der Waals surface area contributed by atoms with Gasteiger partial charge < -0.3 is 4.57 Å². The number of rotatable bonds is 7. The van der Waals surface area contributed by atoms with Crippen LogP contribution in [-0.2, 0) is 0 Å². The van der Waals surface area contributed by atoms with Gasteiger partial charge in [-0.15, -0.1) is 0 Å². The zero-order valence-electron chi connectivity index (χ0n) is 34.1. The predicted molar refractivity (Wildman–Crippen MR) is 265 cm³/mol. The molecule has 2 heteroatoms. The van der Waals surface area contributed by atoms with Crippen molar-refractivity contribution in [1.82, 2.24) is 4.57 Å². The van der Waals surface area contributed by atoms with Crippen molar-refractivity contribution in [2.45, 2.75) is 0 Å². The molecule has 0 bridgehead atoms. The molecular weight excluding hydrogens is 763 g/mol. The van der Waals surface area contributed by atoms with Crippen molar-refractivity contribution in [3.05, 3.63) is 249 Å². The van der Waals surface area contributed by atoms with E-state index in [2.05, 4.69) is 253 Å². The lowest BCUT2D eigenvalue weighted by Crippen LogP contribution is -2.73. The summed E-state index contributed by atoms with van der Waals surface area (Å²) >= 11 is 0. The third-order valence-electron chi connectivity index (χ3n) is 13.1. The molecule has 12 rings (SSSR count). The molecule has 290 valence electrons. The fraction of sp³-hybridized carbons (Fsp3) is 0. The summed E-state index contributed by atoms with van der Waals surface area (Å²) in [5.74, 6) is 0. The van der Waals surface area contributed by atoms with Crippen LogP contribution in [0, 0.1) is 0 Å². The number of aromatic nitrogens is 1. The zero-order valence-corrected chi connectivity index (χ0v) is 35.1. The van der Waals surface area contributed by atoms with Crippen LogP contribution >= 0.6 is 0 Å². The van der Waals surface area contributed by atoms with Gasteiger partial charge in [0.25, 0.3) is 0 Å². The van der Waals surface area contributed by atoms with Crippen LogP contribution in [0.1, 0.15) is 0 Å². The fourth-order valence-electron chi connectivity index (χ4n) is 10.5. The van der Waals surface area contributed by atoms with E-state index in [1.165, 1.54) is 104 Å². The van der Waals surface area contributed by atoms with Gasteiger partial charge in [0.1, 0.15) is 0 Å². The highest BCUT2D eigenvalue weighted by Crippen LogP contribution is 2.41. The molecule has 0 saturated heterocycles. The van der Waals surface area contributed by atoms with Crippen LogP contribution in [0.2, 0.25) is 0 Å². The lowest BCUT2D eigenvalue weighted by Gasteiger charge is -2.33. The van der Waals surface area contributed by atoms with E-state index in [0.717, 1.165) is 0 Å². The SMILES string of the molecule is c1ccc(-c2ccccc2-c2ccc3c(c2)c2cc(-c4ccccc4-c4ccccc4)ccc2n3-c2ccccc2[Si]2(c3ccccc3)c3ccccc3-c3ccccc32)cc1. The molecule has 1 aromatic heterocycles. The Morgan fingerprint density at radius 2 is 0.613 bits per heavy atom. The number of hydrogen-bond donors (Lipinski definition) is 0. The average Bonchev–Trinajstić information content (AvgIpc) is 3.85. The third-order valence-corrected chi connectivity index (χ3v) is 18.0. The molecule has 2 heterocycles. The first-order chi connectivity index (χ1) is 30.8. The number of nitrogens with zero attached hydrogens (tertiary/aromatic N) is 1. The molecule has 0 spiro atoms. The van der Waals surface area contributed by atoms with Crippen LogP contribution in [0.5, 0.6) is 0 Å². The summed E-state index contributed by atoms with van der Waals surface area (Å²) in [6.45, 7) is 0. The van der Waals surface area contributed by atoms with Crippen LogP contribution in [-0.4, -0.2) is 12.6 Å². The van der Waals surface area contributed by atoms with Crippen LogP contribution in [0.15, 0.2) is 249 Å². The maximum atomic E-state index is 2.57. The Morgan fingerprint density at radius 1 is 0.258 bits per heavy atom. The summed E-state index contributed by atoms with van der Waals surface area (Å²) in [6, 6.07) is 92.4. The minimum Gasteiger partial charge on any atom is -0.309 e. The van der Waals surface area contributed by atoms with E-state index in [0.29, 0.717) is 0 Å². The predicted octanol–water partition coefficient (Wildman–Crippen LogP) is 12.8. The molecule has 0 unspecified atom stereocenters. The van der Waals surface area contributed by atoms with Gasteiger partial charge >= 0.3 is 0 Å². The van der Waals surface area contributed by atoms with E-state index in [4.69, 9.17) is 0 Å². The molecule has 11 aromatic rings. The minimum atomic E-state index is -2.84. The molecule has 0 atom stereocenters. The van der Waals surface area contributed by atoms with E-state index in [1.807, 2.05) is 0 Å². The first kappa shape index (κ1) is 36.1. The fourth-order valence-corrected chi connectivity index (χ4v) is 15.9. The summed E-state index contributed by atoms with van der Waals surface area (Å²) in [4.78, 5) is 0. The van der Waals surface area contributed by atoms with E-state index in [-0.39, 0.29) is 0 Å². The van der Waals surface area contributed by atoms with Gasteiger partial charge in [-0.25, -0.2) is 0 Å². The monoisotopic (exact) mass is 803 g/mol. The molecular formula is C60H41NSi. The van der Waals surface area contributed by atoms with Crippen molar-refractivity contribution in [3.63, 3.8) is 0 Å². The Bertz CT molecular complexity index is 3270. The molecule has 0 N–H and O–H groups in total. The molecule has 0 amide bonds. The summed E-state index contributed by atoms with van der Waals surface area (Å²) in [5, 5.41) is 8.14. The average molecular weight is 804 g/mol. The van der Waals surface area contributed by atoms with Crippen molar-refractivity contribution in [1.29, 1.82) is 0 Å². The van der Waals surface area contributed by atoms with Crippen LogP contribution < -0.4 is 20.7 Å². The van der Waals surface area contributed by atoms with E-state index < -0.39 is 8.07 Å². The van der Waals surface area contributed by atoms with E-state index in [1.54, 1.807) is 0 Å². The lowest BCUT2D eigenvalue weighted by atomic mass is 9.92. The Balaban J connectivity index is 1.16. The van der Waals surface area contributed by atoms with Crippen molar-refractivity contribution in [2.24, 2.45) is 0 Å². The maximum Gasteiger partial charge on any atom is 0.183 e. The molecule has 0 aliphatic carbocycles. The number of hydrogen-bond acceptors (Lipinski definition) is 0. The zero-order chi connectivity index (χ0) is 41.0. The number of benzene rings is 10. The van der Waals surface area contributed by atoms with Crippen molar-refractivity contribution < 1.29 is 0 Å². The standard InChI is InChI=1S/C60H41NSi/c1-4-20-42(21-5-1)47-26-10-12-28-49(47)44-36-38-55-53(40-44)54-41-45(50-29-13-11-27-48(50)43-22-6-2-7-23-43)37-39-56(54)61(55)57-32-16-19-35-60(57)62(46-24-8-3-9-25-46)58-33-17-14-30-51(58)52-31-15-18-34-59(52)62/h1-41H. The van der Waals surface area contributed by atoms with Crippen LogP contribution in [0.4, 0.5) is 0 Å². The quantitative estimate of drug-likeness (QED) is 0.141. The van der Waals surface area contributed by atoms with Gasteiger partial charge in [-0.1, -0.05) is 218 Å². The first-order valence-corrected chi connectivity index (χ1v) is 23.5. The van der Waals surface area contributed by atoms with Crippen molar-refractivity contribution in [2.75, 3.05) is 0 Å². The molecule has 1 nitrogen and oxygen atoms in total. The van der Waals surface area contributed by atoms with Gasteiger partial charge in [-0.3, -0.25) is 0 Å². The van der Waals surface area contributed by atoms with Crippen LogP contribution in [0.25, 0.3) is 83.1 Å². The molecule has 10 aromatic carbocycles. The smallest absolute Gasteiger partial charge is 0.183 e. The second-order valence-electron chi connectivity index (χ2n) is 16.3. The van der Waals surface area contributed by atoms with Gasteiger partial charge in [0.05, 0.1) is 11.0 Å². The van der Waals surface area contributed by atoms with Crippen molar-refractivity contribution in [3.8, 4) is 61.3 Å². The van der Waals surface area contributed by atoms with Gasteiger partial charge in [0.15, 0.2) is 8.07 Å². The third kappa shape index (κ3) is 5.54. The highest BCUT2D eigenvalue weighted by Gasteiger charge is 2.49. The van der Waals surface area contributed by atoms with E-state index in [9.17, 15) is 0 Å². The number of para-hydroxylation sites is 1. The summed E-state index contributed by atoms with van der Waals surface area (Å²) in [5.41, 5.74) is 16.0.